The van der Waals surface area contributed by atoms with Gasteiger partial charge in [-0.3, -0.25) is 14.4 Å². The molecular weight excluding hydrogens is 365 g/mol. The van der Waals surface area contributed by atoms with Gasteiger partial charge in [-0.15, -0.1) is 0 Å². The number of carboxylic acids is 1. The lowest BCUT2D eigenvalue weighted by Gasteiger charge is -2.33. The zero-order chi connectivity index (χ0) is 20.2. The van der Waals surface area contributed by atoms with Gasteiger partial charge in [0.1, 0.15) is 6.54 Å². The van der Waals surface area contributed by atoms with Crippen molar-refractivity contribution in [3.05, 3.63) is 35.4 Å². The fourth-order valence-corrected chi connectivity index (χ4v) is 3.09. The summed E-state index contributed by atoms with van der Waals surface area (Å²) in [6.07, 6.45) is -3.59. The van der Waals surface area contributed by atoms with Crippen molar-refractivity contribution >= 4 is 17.8 Å². The van der Waals surface area contributed by atoms with Crippen LogP contribution in [0.25, 0.3) is 0 Å². The number of alkyl halides is 3. The molecule has 0 radical (unpaired) electrons. The summed E-state index contributed by atoms with van der Waals surface area (Å²) in [5, 5.41) is 9.08. The fraction of sp³-hybridized carbons (Fsp3) is 0.500. The standard InChI is InChI=1S/C18H21F3N2O4/c1-12(24)22-8-6-14(7-9-22)17(27)23(11-16(25)26)10-13-2-4-15(5-3-13)18(19,20)21/h2-5,14H,6-11H2,1H3,(H,25,26). The van der Waals surface area contributed by atoms with Gasteiger partial charge in [0.2, 0.25) is 11.8 Å². The van der Waals surface area contributed by atoms with Gasteiger partial charge >= 0.3 is 12.1 Å². The van der Waals surface area contributed by atoms with Gasteiger partial charge < -0.3 is 14.9 Å². The number of piperidine rings is 1. The number of hydrogen-bond donors (Lipinski definition) is 1. The van der Waals surface area contributed by atoms with E-state index in [1.165, 1.54) is 19.1 Å². The normalized spacial score (nSPS) is 15.5. The molecular formula is C18H21F3N2O4. The minimum Gasteiger partial charge on any atom is -0.480 e. The quantitative estimate of drug-likeness (QED) is 0.843. The SMILES string of the molecule is CC(=O)N1CCC(C(=O)N(CC(=O)O)Cc2ccc(C(F)(F)F)cc2)CC1. The van der Waals surface area contributed by atoms with Crippen molar-refractivity contribution in [1.29, 1.82) is 0 Å². The molecule has 1 fully saturated rings. The van der Waals surface area contributed by atoms with Crippen molar-refractivity contribution in [3.8, 4) is 0 Å². The van der Waals surface area contributed by atoms with Gasteiger partial charge in [-0.1, -0.05) is 12.1 Å². The molecule has 1 aromatic rings. The number of hydrogen-bond acceptors (Lipinski definition) is 3. The maximum absolute atomic E-state index is 12.7. The summed E-state index contributed by atoms with van der Waals surface area (Å²) < 4.78 is 37.9. The average Bonchev–Trinajstić information content (AvgIpc) is 2.60. The summed E-state index contributed by atoms with van der Waals surface area (Å²) in [7, 11) is 0. The van der Waals surface area contributed by atoms with E-state index in [1.807, 2.05) is 0 Å². The summed E-state index contributed by atoms with van der Waals surface area (Å²) in [5.41, 5.74) is -0.391. The number of benzene rings is 1. The van der Waals surface area contributed by atoms with Crippen molar-refractivity contribution in [2.24, 2.45) is 5.92 Å². The molecule has 2 amide bonds. The molecule has 27 heavy (non-hydrogen) atoms. The first-order valence-corrected chi connectivity index (χ1v) is 8.50. The molecule has 6 nitrogen and oxygen atoms in total. The van der Waals surface area contributed by atoms with Gasteiger partial charge in [0.15, 0.2) is 0 Å². The molecule has 148 valence electrons. The number of carbonyl (C=O) groups excluding carboxylic acids is 2. The van der Waals surface area contributed by atoms with Gasteiger partial charge in [0.25, 0.3) is 0 Å². The molecule has 0 bridgehead atoms. The lowest BCUT2D eigenvalue weighted by atomic mass is 9.95. The highest BCUT2D eigenvalue weighted by Gasteiger charge is 2.32. The summed E-state index contributed by atoms with van der Waals surface area (Å²) in [5.74, 6) is -2.04. The van der Waals surface area contributed by atoms with Crippen LogP contribution in [0.5, 0.6) is 0 Å². The highest BCUT2D eigenvalue weighted by Crippen LogP contribution is 2.29. The van der Waals surface area contributed by atoms with Gasteiger partial charge in [-0.05, 0) is 30.5 Å². The van der Waals surface area contributed by atoms with Gasteiger partial charge in [-0.2, -0.15) is 13.2 Å². The molecule has 1 heterocycles. The largest absolute Gasteiger partial charge is 0.480 e. The molecule has 0 aromatic heterocycles. The Balaban J connectivity index is 2.07. The number of carbonyl (C=O) groups is 3. The highest BCUT2D eigenvalue weighted by atomic mass is 19.4. The van der Waals surface area contributed by atoms with Crippen molar-refractivity contribution in [2.75, 3.05) is 19.6 Å². The smallest absolute Gasteiger partial charge is 0.416 e. The minimum absolute atomic E-state index is 0.0759. The van der Waals surface area contributed by atoms with Crippen LogP contribution in [0.4, 0.5) is 13.2 Å². The molecule has 0 spiro atoms. The van der Waals surface area contributed by atoms with E-state index in [-0.39, 0.29) is 18.4 Å². The number of carboxylic acid groups (broad SMARTS) is 1. The first kappa shape index (κ1) is 20.7. The summed E-state index contributed by atoms with van der Waals surface area (Å²) >= 11 is 0. The predicted octanol–water partition coefficient (Wildman–Crippen LogP) is 2.38. The molecule has 9 heteroatoms. The van der Waals surface area contributed by atoms with Crippen molar-refractivity contribution in [1.82, 2.24) is 9.80 Å². The van der Waals surface area contributed by atoms with E-state index in [1.54, 1.807) is 4.90 Å². The molecule has 1 aliphatic heterocycles. The molecule has 1 saturated heterocycles. The van der Waals surface area contributed by atoms with E-state index in [4.69, 9.17) is 5.11 Å². The molecule has 0 atom stereocenters. The number of nitrogens with zero attached hydrogens (tertiary/aromatic N) is 2. The van der Waals surface area contributed by atoms with E-state index in [9.17, 15) is 27.6 Å². The third-order valence-corrected chi connectivity index (χ3v) is 4.58. The van der Waals surface area contributed by atoms with E-state index < -0.39 is 30.2 Å². The van der Waals surface area contributed by atoms with Gasteiger partial charge in [0.05, 0.1) is 5.56 Å². The second-order valence-electron chi connectivity index (χ2n) is 6.56. The second-order valence-corrected chi connectivity index (χ2v) is 6.56. The van der Waals surface area contributed by atoms with E-state index in [0.717, 1.165) is 17.0 Å². The number of amides is 2. The van der Waals surface area contributed by atoms with Crippen LogP contribution in [0.1, 0.15) is 30.9 Å². The highest BCUT2D eigenvalue weighted by molar-refractivity contribution is 5.83. The molecule has 1 N–H and O–H groups in total. The zero-order valence-corrected chi connectivity index (χ0v) is 14.8. The van der Waals surface area contributed by atoms with Crippen LogP contribution in [0.2, 0.25) is 0 Å². The van der Waals surface area contributed by atoms with Gasteiger partial charge in [-0.25, -0.2) is 0 Å². The van der Waals surface area contributed by atoms with Gasteiger partial charge in [0, 0.05) is 32.5 Å². The monoisotopic (exact) mass is 386 g/mol. The summed E-state index contributed by atoms with van der Waals surface area (Å²) in [6, 6.07) is 4.29. The summed E-state index contributed by atoms with van der Waals surface area (Å²) in [4.78, 5) is 38.0. The predicted molar refractivity (Wildman–Crippen MR) is 89.5 cm³/mol. The third-order valence-electron chi connectivity index (χ3n) is 4.58. The van der Waals surface area contributed by atoms with E-state index in [0.29, 0.717) is 31.5 Å². The minimum atomic E-state index is -4.46. The topological polar surface area (TPSA) is 77.9 Å². The first-order chi connectivity index (χ1) is 12.6. The average molecular weight is 386 g/mol. The van der Waals surface area contributed by atoms with Crippen LogP contribution < -0.4 is 0 Å². The molecule has 1 aromatic carbocycles. The maximum atomic E-state index is 12.7. The number of aliphatic carboxylic acids is 1. The van der Waals surface area contributed by atoms with Crippen molar-refractivity contribution in [2.45, 2.75) is 32.5 Å². The van der Waals surface area contributed by atoms with E-state index >= 15 is 0 Å². The number of rotatable bonds is 5. The molecule has 2 rings (SSSR count). The third kappa shape index (κ3) is 5.70. The van der Waals surface area contributed by atoms with Crippen LogP contribution in [-0.2, 0) is 27.1 Å². The van der Waals surface area contributed by atoms with Crippen molar-refractivity contribution in [3.63, 3.8) is 0 Å². The lowest BCUT2D eigenvalue weighted by Crippen LogP contribution is -2.45. The van der Waals surface area contributed by atoms with Crippen LogP contribution in [0, 0.1) is 5.92 Å². The number of likely N-dealkylation sites (tertiary alicyclic amines) is 1. The number of halogens is 3. The van der Waals surface area contributed by atoms with Crippen molar-refractivity contribution < 1.29 is 32.7 Å². The first-order valence-electron chi connectivity index (χ1n) is 8.50. The Morgan fingerprint density at radius 2 is 1.70 bits per heavy atom. The van der Waals surface area contributed by atoms with E-state index in [2.05, 4.69) is 0 Å². The Bertz CT molecular complexity index is 696. The Morgan fingerprint density at radius 3 is 2.15 bits per heavy atom. The van der Waals surface area contributed by atoms with Crippen LogP contribution >= 0.6 is 0 Å². The second kappa shape index (κ2) is 8.41. The summed E-state index contributed by atoms with van der Waals surface area (Å²) in [6.45, 7) is 1.67. The Labute approximate surface area is 154 Å². The Morgan fingerprint density at radius 1 is 1.15 bits per heavy atom. The van der Waals surface area contributed by atoms with Crippen LogP contribution in [0.15, 0.2) is 24.3 Å². The fourth-order valence-electron chi connectivity index (χ4n) is 3.09. The zero-order valence-electron chi connectivity index (χ0n) is 14.8. The molecule has 1 aliphatic rings. The lowest BCUT2D eigenvalue weighted by molar-refractivity contribution is -0.148. The maximum Gasteiger partial charge on any atom is 0.416 e. The molecule has 0 aliphatic carbocycles. The Kier molecular flexibility index (Phi) is 6.45. The van der Waals surface area contributed by atoms with Crippen LogP contribution in [-0.4, -0.2) is 52.3 Å². The molecule has 0 unspecified atom stereocenters. The molecule has 0 saturated carbocycles. The van der Waals surface area contributed by atoms with Crippen LogP contribution in [0.3, 0.4) is 0 Å². The Hall–Kier alpha value is -2.58.